The first-order valence-corrected chi connectivity index (χ1v) is 14.7. The average Bonchev–Trinajstić information content (AvgIpc) is 3.47. The van der Waals surface area contributed by atoms with Gasteiger partial charge in [-0.05, 0) is 55.7 Å². The minimum atomic E-state index is -0.721. The molecular formula is C31H30FN9O4. The summed E-state index contributed by atoms with van der Waals surface area (Å²) in [5, 5.41) is 6.04. The number of nitrogens with zero attached hydrogens (tertiary/aromatic N) is 7. The van der Waals surface area contributed by atoms with Crippen LogP contribution in [0.4, 0.5) is 14.9 Å². The van der Waals surface area contributed by atoms with Crippen molar-refractivity contribution in [1.82, 2.24) is 35.3 Å². The third-order valence-corrected chi connectivity index (χ3v) is 9.13. The molecule has 3 aromatic heterocycles. The predicted octanol–water partition coefficient (Wildman–Crippen LogP) is 3.52. The molecule has 1 aromatic carbocycles. The molecule has 3 fully saturated rings. The van der Waals surface area contributed by atoms with Crippen molar-refractivity contribution in [2.45, 2.75) is 45.1 Å². The van der Waals surface area contributed by atoms with Crippen molar-refractivity contribution in [3.05, 3.63) is 71.3 Å². The van der Waals surface area contributed by atoms with Crippen LogP contribution in [0.15, 0.2) is 47.4 Å². The Bertz CT molecular complexity index is 1830. The summed E-state index contributed by atoms with van der Waals surface area (Å²) < 4.78 is 19.9. The fraction of sp³-hybridized carbons (Fsp3) is 0.355. The summed E-state index contributed by atoms with van der Waals surface area (Å²) in [6.45, 7) is 6.02. The molecule has 2 saturated heterocycles. The first-order chi connectivity index (χ1) is 21.6. The molecule has 5 heterocycles. The SMILES string of the molecule is Cc1nc(-c2cc(C(N)=O)on2)ncc1-c1ncc(C(C)N2CC3(CC(c4ccc(N5CCC(=O)NC5=O)c(F)c4)C3)C2)cn1. The summed E-state index contributed by atoms with van der Waals surface area (Å²) in [4.78, 5) is 56.5. The monoisotopic (exact) mass is 611 g/mol. The van der Waals surface area contributed by atoms with Gasteiger partial charge in [-0.15, -0.1) is 0 Å². The quantitative estimate of drug-likeness (QED) is 0.315. The van der Waals surface area contributed by atoms with E-state index in [1.54, 1.807) is 12.3 Å². The number of halogens is 1. The highest BCUT2D eigenvalue weighted by Gasteiger charge is 2.53. The van der Waals surface area contributed by atoms with Crippen molar-refractivity contribution < 1.29 is 23.3 Å². The van der Waals surface area contributed by atoms with E-state index in [4.69, 9.17) is 10.3 Å². The highest BCUT2D eigenvalue weighted by atomic mass is 19.1. The smallest absolute Gasteiger partial charge is 0.328 e. The van der Waals surface area contributed by atoms with Gasteiger partial charge in [0, 0.05) is 62.3 Å². The molecule has 0 bridgehead atoms. The maximum absolute atomic E-state index is 15.0. The molecule has 4 aromatic rings. The largest absolute Gasteiger partial charge is 0.363 e. The summed E-state index contributed by atoms with van der Waals surface area (Å²) in [6, 6.07) is 6.01. The summed E-state index contributed by atoms with van der Waals surface area (Å²) in [7, 11) is 0. The van der Waals surface area contributed by atoms with Gasteiger partial charge in [0.05, 0.1) is 16.9 Å². The van der Waals surface area contributed by atoms with Crippen LogP contribution in [0.2, 0.25) is 0 Å². The zero-order chi connectivity index (χ0) is 31.5. The van der Waals surface area contributed by atoms with E-state index < -0.39 is 17.8 Å². The molecular weight excluding hydrogens is 581 g/mol. The molecule has 3 aliphatic rings. The summed E-state index contributed by atoms with van der Waals surface area (Å²) in [5.74, 6) is -0.505. The number of aromatic nitrogens is 5. The van der Waals surface area contributed by atoms with Crippen LogP contribution in [0.25, 0.3) is 22.9 Å². The first-order valence-electron chi connectivity index (χ1n) is 14.7. The van der Waals surface area contributed by atoms with Gasteiger partial charge in [0.15, 0.2) is 17.3 Å². The van der Waals surface area contributed by atoms with E-state index in [2.05, 4.69) is 42.2 Å². The Kier molecular flexibility index (Phi) is 6.88. The fourth-order valence-corrected chi connectivity index (χ4v) is 6.57. The van der Waals surface area contributed by atoms with E-state index in [0.29, 0.717) is 28.6 Å². The number of likely N-dealkylation sites (tertiary alicyclic amines) is 1. The first kappa shape index (κ1) is 28.6. The molecule has 0 radical (unpaired) electrons. The van der Waals surface area contributed by atoms with E-state index in [1.807, 2.05) is 25.4 Å². The maximum Gasteiger partial charge on any atom is 0.328 e. The standard InChI is InChI=1S/C31H30FN9O4/c1-16-21(13-36-29(37-16)23-8-25(27(33)43)45-39-23)28-34-11-20(12-35-28)17(2)40-14-31(15-40)9-19(10-31)18-3-4-24(22(32)7-18)41-6-5-26(42)38-30(41)44/h3-4,7-8,11-13,17,19H,5-6,9-10,14-15H2,1-2H3,(H2,33,43)(H,38,42,44). The Hall–Kier alpha value is -5.11. The number of hydrogen-bond acceptors (Lipinski definition) is 10. The molecule has 1 aliphatic carbocycles. The number of amides is 4. The lowest BCUT2D eigenvalue weighted by molar-refractivity contribution is -0.120. The van der Waals surface area contributed by atoms with E-state index in [9.17, 15) is 18.8 Å². The summed E-state index contributed by atoms with van der Waals surface area (Å²) in [5.41, 5.74) is 9.22. The molecule has 3 N–H and O–H groups in total. The summed E-state index contributed by atoms with van der Waals surface area (Å²) in [6.07, 6.45) is 7.39. The molecule has 4 amide bonds. The van der Waals surface area contributed by atoms with Crippen LogP contribution in [-0.2, 0) is 4.79 Å². The van der Waals surface area contributed by atoms with Crippen molar-refractivity contribution in [1.29, 1.82) is 0 Å². The molecule has 13 nitrogen and oxygen atoms in total. The topological polar surface area (TPSA) is 173 Å². The number of primary amides is 1. The van der Waals surface area contributed by atoms with Gasteiger partial charge in [0.2, 0.25) is 11.7 Å². The van der Waals surface area contributed by atoms with E-state index in [1.165, 1.54) is 17.0 Å². The summed E-state index contributed by atoms with van der Waals surface area (Å²) >= 11 is 0. The normalized spacial score (nSPS) is 18.8. The number of carbonyl (C=O) groups is 3. The van der Waals surface area contributed by atoms with Gasteiger partial charge < -0.3 is 10.3 Å². The van der Waals surface area contributed by atoms with E-state index >= 15 is 0 Å². The van der Waals surface area contributed by atoms with Crippen LogP contribution in [0, 0.1) is 18.2 Å². The van der Waals surface area contributed by atoms with Crippen molar-refractivity contribution in [3.63, 3.8) is 0 Å². The second-order valence-electron chi connectivity index (χ2n) is 12.1. The van der Waals surface area contributed by atoms with Crippen molar-refractivity contribution in [2.24, 2.45) is 11.1 Å². The van der Waals surface area contributed by atoms with Crippen molar-refractivity contribution in [2.75, 3.05) is 24.5 Å². The second-order valence-corrected chi connectivity index (χ2v) is 12.1. The lowest BCUT2D eigenvalue weighted by atomic mass is 9.56. The fourth-order valence-electron chi connectivity index (χ4n) is 6.57. The Morgan fingerprint density at radius 3 is 2.49 bits per heavy atom. The van der Waals surface area contributed by atoms with Gasteiger partial charge in [-0.2, -0.15) is 0 Å². The third-order valence-electron chi connectivity index (χ3n) is 9.13. The Morgan fingerprint density at radius 1 is 1.11 bits per heavy atom. The zero-order valence-electron chi connectivity index (χ0n) is 24.7. The Balaban J connectivity index is 0.946. The number of imide groups is 1. The number of aryl methyl sites for hydroxylation is 1. The number of urea groups is 1. The lowest BCUT2D eigenvalue weighted by Crippen LogP contribution is -2.61. The molecule has 7 rings (SSSR count). The van der Waals surface area contributed by atoms with Crippen molar-refractivity contribution >= 4 is 23.5 Å². The number of nitrogens with two attached hydrogens (primary N) is 1. The second kappa shape index (κ2) is 10.8. The molecule has 2 aliphatic heterocycles. The van der Waals surface area contributed by atoms with E-state index in [0.717, 1.165) is 37.1 Å². The highest BCUT2D eigenvalue weighted by molar-refractivity contribution is 6.05. The zero-order valence-corrected chi connectivity index (χ0v) is 24.7. The highest BCUT2D eigenvalue weighted by Crippen LogP contribution is 2.57. The molecule has 45 heavy (non-hydrogen) atoms. The molecule has 1 spiro atoms. The molecule has 230 valence electrons. The van der Waals surface area contributed by atoms with Crippen LogP contribution >= 0.6 is 0 Å². The van der Waals surface area contributed by atoms with Gasteiger partial charge in [-0.3, -0.25) is 24.7 Å². The minimum Gasteiger partial charge on any atom is -0.363 e. The lowest BCUT2D eigenvalue weighted by Gasteiger charge is -2.61. The van der Waals surface area contributed by atoms with Crippen LogP contribution in [0.1, 0.15) is 65.5 Å². The van der Waals surface area contributed by atoms with Crippen molar-refractivity contribution in [3.8, 4) is 22.9 Å². The molecule has 1 unspecified atom stereocenters. The van der Waals surface area contributed by atoms with Crippen LogP contribution in [-0.4, -0.2) is 67.5 Å². The third kappa shape index (κ3) is 5.20. The molecule has 14 heteroatoms. The number of benzene rings is 1. The van der Waals surface area contributed by atoms with Gasteiger partial charge in [0.25, 0.3) is 5.91 Å². The van der Waals surface area contributed by atoms with Gasteiger partial charge in [-0.25, -0.2) is 29.1 Å². The number of carbonyl (C=O) groups excluding carboxylic acids is 3. The molecule has 1 atom stereocenters. The van der Waals surface area contributed by atoms with Crippen LogP contribution < -0.4 is 16.0 Å². The Labute approximate surface area is 257 Å². The number of rotatable bonds is 7. The van der Waals surface area contributed by atoms with Gasteiger partial charge in [-0.1, -0.05) is 11.2 Å². The van der Waals surface area contributed by atoms with Gasteiger partial charge >= 0.3 is 6.03 Å². The van der Waals surface area contributed by atoms with Crippen LogP contribution in [0.3, 0.4) is 0 Å². The predicted molar refractivity (Wildman–Crippen MR) is 158 cm³/mol. The van der Waals surface area contributed by atoms with Crippen LogP contribution in [0.5, 0.6) is 0 Å². The number of anilines is 1. The maximum atomic E-state index is 15.0. The Morgan fingerprint density at radius 2 is 1.84 bits per heavy atom. The average molecular weight is 612 g/mol. The van der Waals surface area contributed by atoms with Gasteiger partial charge in [0.1, 0.15) is 5.82 Å². The van der Waals surface area contributed by atoms with E-state index in [-0.39, 0.29) is 47.7 Å². The minimum absolute atomic E-state index is 0.0687. The number of nitrogens with one attached hydrogen (secondary N) is 1. The molecule has 1 saturated carbocycles. The number of hydrogen-bond donors (Lipinski definition) is 2.